The van der Waals surface area contributed by atoms with Crippen LogP contribution < -0.4 is 9.64 Å². The lowest BCUT2D eigenvalue weighted by Crippen LogP contribution is -2.32. The molecule has 2 unspecified atom stereocenters. The summed E-state index contributed by atoms with van der Waals surface area (Å²) in [6.45, 7) is 1.15. The van der Waals surface area contributed by atoms with Gasteiger partial charge in [0.1, 0.15) is 0 Å². The summed E-state index contributed by atoms with van der Waals surface area (Å²) in [5, 5.41) is 0. The number of hydrogen-bond donors (Lipinski definition) is 0. The van der Waals surface area contributed by atoms with E-state index in [-0.39, 0.29) is 0 Å². The van der Waals surface area contributed by atoms with Crippen LogP contribution >= 0.6 is 0 Å². The average molecular weight is 205 g/mol. The van der Waals surface area contributed by atoms with Gasteiger partial charge in [-0.25, -0.2) is 0 Å². The van der Waals surface area contributed by atoms with E-state index in [0.717, 1.165) is 18.3 Å². The molecule has 15 heavy (non-hydrogen) atoms. The largest absolute Gasteiger partial charge is 0.480 e. The summed E-state index contributed by atoms with van der Waals surface area (Å²) in [5.41, 5.74) is 0. The van der Waals surface area contributed by atoms with Crippen LogP contribution in [0.5, 0.6) is 5.88 Å². The molecule has 1 saturated heterocycles. The Morgan fingerprint density at radius 2 is 2.33 bits per heavy atom. The van der Waals surface area contributed by atoms with Gasteiger partial charge in [0.25, 0.3) is 0 Å². The molecule has 1 aromatic heterocycles. The molecule has 4 nitrogen and oxygen atoms in total. The molecule has 0 spiro atoms. The van der Waals surface area contributed by atoms with Crippen LogP contribution in [-0.2, 0) is 0 Å². The highest BCUT2D eigenvalue weighted by Crippen LogP contribution is 2.39. The van der Waals surface area contributed by atoms with Crippen molar-refractivity contribution in [1.29, 1.82) is 0 Å². The zero-order valence-corrected chi connectivity index (χ0v) is 8.89. The van der Waals surface area contributed by atoms with Gasteiger partial charge in [-0.2, -0.15) is 4.98 Å². The lowest BCUT2D eigenvalue weighted by Gasteiger charge is -2.27. The molecular weight excluding hydrogens is 190 g/mol. The maximum atomic E-state index is 5.09. The Bertz CT molecular complexity index is 369. The van der Waals surface area contributed by atoms with Crippen molar-refractivity contribution in [2.45, 2.75) is 25.3 Å². The minimum atomic E-state index is 0.607. The third kappa shape index (κ3) is 1.44. The minimum Gasteiger partial charge on any atom is -0.480 e. The van der Waals surface area contributed by atoms with Crippen molar-refractivity contribution in [3.8, 4) is 5.88 Å². The second kappa shape index (κ2) is 3.36. The topological polar surface area (TPSA) is 38.2 Å². The summed E-state index contributed by atoms with van der Waals surface area (Å²) in [7, 11) is 1.63. The Hall–Kier alpha value is -1.32. The maximum Gasteiger partial charge on any atom is 0.233 e. The second-order valence-corrected chi connectivity index (χ2v) is 4.40. The summed E-state index contributed by atoms with van der Waals surface area (Å²) in [5.74, 6) is 2.46. The number of rotatable bonds is 2. The van der Waals surface area contributed by atoms with Crippen molar-refractivity contribution in [1.82, 2.24) is 9.97 Å². The molecule has 1 aliphatic heterocycles. The van der Waals surface area contributed by atoms with E-state index in [1.54, 1.807) is 13.3 Å². The predicted molar refractivity (Wildman–Crippen MR) is 57.1 cm³/mol. The van der Waals surface area contributed by atoms with Crippen LogP contribution in [-0.4, -0.2) is 29.7 Å². The first-order valence-electron chi connectivity index (χ1n) is 5.49. The van der Waals surface area contributed by atoms with E-state index in [1.807, 2.05) is 6.20 Å². The molecule has 1 aromatic rings. The molecule has 4 heteroatoms. The van der Waals surface area contributed by atoms with Gasteiger partial charge < -0.3 is 9.64 Å². The van der Waals surface area contributed by atoms with E-state index in [4.69, 9.17) is 4.74 Å². The first kappa shape index (κ1) is 8.95. The number of methoxy groups -OCH3 is 1. The van der Waals surface area contributed by atoms with Crippen LogP contribution in [0.4, 0.5) is 5.82 Å². The highest BCUT2D eigenvalue weighted by molar-refractivity contribution is 5.41. The van der Waals surface area contributed by atoms with E-state index in [9.17, 15) is 0 Å². The fourth-order valence-electron chi connectivity index (χ4n) is 2.78. The summed E-state index contributed by atoms with van der Waals surface area (Å²) >= 11 is 0. The number of aromatic nitrogens is 2. The Morgan fingerprint density at radius 1 is 1.40 bits per heavy atom. The number of anilines is 1. The lowest BCUT2D eigenvalue weighted by molar-refractivity contribution is 0.395. The third-order valence-electron chi connectivity index (χ3n) is 3.51. The average Bonchev–Trinajstić information content (AvgIpc) is 2.91. The quantitative estimate of drug-likeness (QED) is 0.733. The summed E-state index contributed by atoms with van der Waals surface area (Å²) in [4.78, 5) is 11.0. The van der Waals surface area contributed by atoms with Crippen molar-refractivity contribution >= 4 is 5.82 Å². The van der Waals surface area contributed by atoms with E-state index in [1.165, 1.54) is 19.3 Å². The van der Waals surface area contributed by atoms with Crippen LogP contribution in [0.25, 0.3) is 0 Å². The SMILES string of the molecule is COc1cncc(N2CC3CCC2C3)n1. The Labute approximate surface area is 89.3 Å². The van der Waals surface area contributed by atoms with Gasteiger partial charge in [0, 0.05) is 12.6 Å². The zero-order chi connectivity index (χ0) is 10.3. The lowest BCUT2D eigenvalue weighted by atomic mass is 10.1. The third-order valence-corrected chi connectivity index (χ3v) is 3.51. The number of ether oxygens (including phenoxy) is 1. The number of fused-ring (bicyclic) bond motifs is 2. The standard InChI is InChI=1S/C11H15N3O/c1-15-11-6-12-5-10(13-11)14-7-8-2-3-9(14)4-8/h5-6,8-9H,2-4,7H2,1H3. The number of hydrogen-bond acceptors (Lipinski definition) is 4. The normalized spacial score (nSPS) is 28.5. The van der Waals surface area contributed by atoms with Gasteiger partial charge in [0.05, 0.1) is 19.5 Å². The predicted octanol–water partition coefficient (Wildman–Crippen LogP) is 1.47. The van der Waals surface area contributed by atoms with Crippen molar-refractivity contribution in [3.63, 3.8) is 0 Å². The van der Waals surface area contributed by atoms with Crippen molar-refractivity contribution < 1.29 is 4.74 Å². The van der Waals surface area contributed by atoms with Crippen molar-refractivity contribution in [3.05, 3.63) is 12.4 Å². The molecule has 0 N–H and O–H groups in total. The summed E-state index contributed by atoms with van der Waals surface area (Å²) < 4.78 is 5.09. The monoisotopic (exact) mass is 205 g/mol. The summed E-state index contributed by atoms with van der Waals surface area (Å²) in [6, 6.07) is 0.691. The van der Waals surface area contributed by atoms with Gasteiger partial charge in [-0.05, 0) is 25.2 Å². The Kier molecular flexibility index (Phi) is 2.01. The molecule has 2 fully saturated rings. The summed E-state index contributed by atoms with van der Waals surface area (Å²) in [6.07, 6.45) is 7.52. The van der Waals surface area contributed by atoms with E-state index in [2.05, 4.69) is 14.9 Å². The van der Waals surface area contributed by atoms with Gasteiger partial charge in [0.2, 0.25) is 5.88 Å². The molecule has 2 aliphatic rings. The first-order chi connectivity index (χ1) is 7.36. The highest BCUT2D eigenvalue weighted by Gasteiger charge is 2.38. The smallest absolute Gasteiger partial charge is 0.233 e. The molecule has 1 aliphatic carbocycles. The van der Waals surface area contributed by atoms with Crippen LogP contribution in [0.1, 0.15) is 19.3 Å². The molecule has 1 saturated carbocycles. The molecule has 2 heterocycles. The molecular formula is C11H15N3O. The molecule has 0 radical (unpaired) electrons. The van der Waals surface area contributed by atoms with Crippen molar-refractivity contribution in [2.75, 3.05) is 18.6 Å². The van der Waals surface area contributed by atoms with Gasteiger partial charge >= 0.3 is 0 Å². The molecule has 0 amide bonds. The maximum absolute atomic E-state index is 5.09. The van der Waals surface area contributed by atoms with Gasteiger partial charge in [0.15, 0.2) is 5.82 Å². The second-order valence-electron chi connectivity index (χ2n) is 4.40. The van der Waals surface area contributed by atoms with Crippen molar-refractivity contribution in [2.24, 2.45) is 5.92 Å². The van der Waals surface area contributed by atoms with Gasteiger partial charge in [-0.1, -0.05) is 0 Å². The first-order valence-corrected chi connectivity index (χ1v) is 5.49. The Morgan fingerprint density at radius 3 is 3.00 bits per heavy atom. The fraction of sp³-hybridized carbons (Fsp3) is 0.636. The molecule has 2 bridgehead atoms. The van der Waals surface area contributed by atoms with Crippen LogP contribution in [0.15, 0.2) is 12.4 Å². The fourth-order valence-corrected chi connectivity index (χ4v) is 2.78. The number of piperidine rings is 1. The minimum absolute atomic E-state index is 0.607. The molecule has 3 rings (SSSR count). The van der Waals surface area contributed by atoms with Gasteiger partial charge in [-0.15, -0.1) is 0 Å². The molecule has 2 atom stereocenters. The molecule has 80 valence electrons. The number of nitrogens with zero attached hydrogens (tertiary/aromatic N) is 3. The van der Waals surface area contributed by atoms with Crippen LogP contribution in [0.3, 0.4) is 0 Å². The van der Waals surface area contributed by atoms with E-state index >= 15 is 0 Å². The van der Waals surface area contributed by atoms with E-state index in [0.29, 0.717) is 11.9 Å². The van der Waals surface area contributed by atoms with Crippen LogP contribution in [0.2, 0.25) is 0 Å². The van der Waals surface area contributed by atoms with E-state index < -0.39 is 0 Å². The molecule has 0 aromatic carbocycles. The van der Waals surface area contributed by atoms with Gasteiger partial charge in [-0.3, -0.25) is 4.98 Å². The highest BCUT2D eigenvalue weighted by atomic mass is 16.5. The van der Waals surface area contributed by atoms with Crippen LogP contribution in [0, 0.1) is 5.92 Å². The Balaban J connectivity index is 1.86. The zero-order valence-electron chi connectivity index (χ0n) is 8.89.